The molecule has 0 fully saturated rings. The van der Waals surface area contributed by atoms with Crippen molar-refractivity contribution in [3.63, 3.8) is 0 Å². The molecule has 11 rings (SSSR count). The average Bonchev–Trinajstić information content (AvgIpc) is 3.49. The average molecular weight is 871 g/mol. The van der Waals surface area contributed by atoms with Crippen LogP contribution < -0.4 is 26.2 Å². The van der Waals surface area contributed by atoms with Crippen molar-refractivity contribution in [2.75, 3.05) is 9.80 Å². The molecule has 2 heterocycles. The Morgan fingerprint density at radius 3 is 1.46 bits per heavy atom. The Morgan fingerprint density at radius 1 is 0.403 bits per heavy atom. The minimum absolute atomic E-state index is 0.00205. The third kappa shape index (κ3) is 7.08. The molecular weight excluding hydrogens is 808 g/mol. The smallest absolute Gasteiger partial charge is 0.252 e. The lowest BCUT2D eigenvalue weighted by Crippen LogP contribution is -2.61. The highest BCUT2D eigenvalue weighted by Gasteiger charge is 2.49. The zero-order valence-electron chi connectivity index (χ0n) is 41.3. The van der Waals surface area contributed by atoms with E-state index in [-0.39, 0.29) is 28.4 Å². The van der Waals surface area contributed by atoms with E-state index in [0.29, 0.717) is 0 Å². The highest BCUT2D eigenvalue weighted by molar-refractivity contribution is 7.00. The van der Waals surface area contributed by atoms with Gasteiger partial charge in [0.2, 0.25) is 0 Å². The molecule has 2 aliphatic heterocycles. The van der Waals surface area contributed by atoms with Crippen molar-refractivity contribution in [2.45, 2.75) is 104 Å². The SMILES string of the molecule is Cc1ccc(-c2ccccc2)cc1N1c2cc3c(cc2B2c4ccc(-c5ccccc5)cc4N(c4ccc(C(C)(C)C)cc4-c4ccccc4)c4cc(C(C)(C)C)cc1c42)C(C)(C)CC3(C)C. The first-order valence-corrected chi connectivity index (χ1v) is 24.4. The van der Waals surface area contributed by atoms with Crippen molar-refractivity contribution >= 4 is 57.2 Å². The highest BCUT2D eigenvalue weighted by Crippen LogP contribution is 2.54. The van der Waals surface area contributed by atoms with Crippen LogP contribution >= 0.6 is 0 Å². The Morgan fingerprint density at radius 2 is 0.896 bits per heavy atom. The lowest BCUT2D eigenvalue weighted by atomic mass is 9.33. The topological polar surface area (TPSA) is 6.48 Å². The second-order valence-electron chi connectivity index (χ2n) is 23.0. The number of nitrogens with zero attached hydrogens (tertiary/aromatic N) is 2. The fourth-order valence-electron chi connectivity index (χ4n) is 11.9. The molecule has 2 nitrogen and oxygen atoms in total. The number of rotatable bonds is 5. The molecule has 0 radical (unpaired) electrons. The molecule has 67 heavy (non-hydrogen) atoms. The predicted molar refractivity (Wildman–Crippen MR) is 290 cm³/mol. The van der Waals surface area contributed by atoms with E-state index in [0.717, 1.165) is 6.42 Å². The van der Waals surface area contributed by atoms with Crippen LogP contribution in [-0.2, 0) is 21.7 Å². The van der Waals surface area contributed by atoms with Crippen LogP contribution in [0.25, 0.3) is 33.4 Å². The van der Waals surface area contributed by atoms with Crippen molar-refractivity contribution in [1.82, 2.24) is 0 Å². The molecule has 0 spiro atoms. The summed E-state index contributed by atoms with van der Waals surface area (Å²) in [6.07, 6.45) is 1.11. The summed E-state index contributed by atoms with van der Waals surface area (Å²) in [5.41, 5.74) is 25.6. The van der Waals surface area contributed by atoms with E-state index in [4.69, 9.17) is 0 Å². The molecule has 1 aliphatic carbocycles. The maximum Gasteiger partial charge on any atom is 0.252 e. The first-order valence-electron chi connectivity index (χ1n) is 24.4. The van der Waals surface area contributed by atoms with Crippen LogP contribution in [-0.4, -0.2) is 6.71 Å². The molecule has 0 saturated carbocycles. The summed E-state index contributed by atoms with van der Waals surface area (Å²) in [7, 11) is 0. The lowest BCUT2D eigenvalue weighted by Gasteiger charge is -2.46. The van der Waals surface area contributed by atoms with E-state index < -0.39 is 0 Å². The second kappa shape index (κ2) is 15.2. The zero-order valence-corrected chi connectivity index (χ0v) is 41.3. The summed E-state index contributed by atoms with van der Waals surface area (Å²) < 4.78 is 0. The monoisotopic (exact) mass is 871 g/mol. The van der Waals surface area contributed by atoms with E-state index in [1.807, 2.05) is 0 Å². The largest absolute Gasteiger partial charge is 0.311 e. The fraction of sp³-hybridized carbons (Fsp3) is 0.250. The lowest BCUT2D eigenvalue weighted by molar-refractivity contribution is 0.403. The van der Waals surface area contributed by atoms with Gasteiger partial charge in [-0.3, -0.25) is 0 Å². The zero-order chi connectivity index (χ0) is 46.8. The van der Waals surface area contributed by atoms with Crippen LogP contribution in [0.2, 0.25) is 0 Å². The quantitative estimate of drug-likeness (QED) is 0.159. The maximum absolute atomic E-state index is 2.67. The van der Waals surface area contributed by atoms with Gasteiger partial charge < -0.3 is 9.80 Å². The van der Waals surface area contributed by atoms with Gasteiger partial charge in [-0.1, -0.05) is 197 Å². The first kappa shape index (κ1) is 43.0. The first-order chi connectivity index (χ1) is 31.9. The minimum atomic E-state index is -0.145. The summed E-state index contributed by atoms with van der Waals surface area (Å²) in [5, 5.41) is 0. The van der Waals surface area contributed by atoms with E-state index in [2.05, 4.69) is 256 Å². The van der Waals surface area contributed by atoms with Crippen LogP contribution in [0.1, 0.15) is 103 Å². The summed E-state index contributed by atoms with van der Waals surface area (Å²) in [6, 6.07) is 64.9. The van der Waals surface area contributed by atoms with E-state index in [1.54, 1.807) is 0 Å². The molecule has 0 N–H and O–H groups in total. The van der Waals surface area contributed by atoms with Gasteiger partial charge in [0.05, 0.1) is 5.69 Å². The van der Waals surface area contributed by atoms with Gasteiger partial charge >= 0.3 is 0 Å². The Bertz CT molecular complexity index is 3240. The number of aryl methyl sites for hydroxylation is 1. The number of fused-ring (bicyclic) bond motifs is 5. The van der Waals surface area contributed by atoms with Crippen molar-refractivity contribution in [3.05, 3.63) is 198 Å². The van der Waals surface area contributed by atoms with Gasteiger partial charge in [-0.15, -0.1) is 0 Å². The molecule has 3 heteroatoms. The minimum Gasteiger partial charge on any atom is -0.311 e. The molecule has 0 amide bonds. The van der Waals surface area contributed by atoms with Gasteiger partial charge in [-0.25, -0.2) is 0 Å². The summed E-state index contributed by atoms with van der Waals surface area (Å²) in [6.45, 7) is 26.2. The normalized spacial score (nSPS) is 15.5. The number of hydrogen-bond acceptors (Lipinski definition) is 2. The van der Waals surface area contributed by atoms with Crippen LogP contribution in [0.3, 0.4) is 0 Å². The van der Waals surface area contributed by atoms with Gasteiger partial charge in [0, 0.05) is 34.0 Å². The van der Waals surface area contributed by atoms with Gasteiger partial charge in [0.25, 0.3) is 6.71 Å². The Kier molecular flexibility index (Phi) is 9.78. The second-order valence-corrected chi connectivity index (χ2v) is 23.0. The molecule has 0 aromatic heterocycles. The highest BCUT2D eigenvalue weighted by atomic mass is 15.2. The molecule has 8 aromatic rings. The van der Waals surface area contributed by atoms with Crippen LogP contribution in [0, 0.1) is 6.92 Å². The maximum atomic E-state index is 2.67. The molecular formula is C64H63BN2. The molecule has 332 valence electrons. The molecule has 0 bridgehead atoms. The number of hydrogen-bond donors (Lipinski definition) is 0. The van der Waals surface area contributed by atoms with E-state index >= 15 is 0 Å². The third-order valence-corrected chi connectivity index (χ3v) is 15.3. The summed E-state index contributed by atoms with van der Waals surface area (Å²) in [4.78, 5) is 5.32. The van der Waals surface area contributed by atoms with E-state index in [1.165, 1.54) is 112 Å². The summed E-state index contributed by atoms with van der Waals surface area (Å²) in [5.74, 6) is 0. The van der Waals surface area contributed by atoms with Gasteiger partial charge in [0.15, 0.2) is 0 Å². The van der Waals surface area contributed by atoms with E-state index in [9.17, 15) is 0 Å². The third-order valence-electron chi connectivity index (χ3n) is 15.3. The molecule has 3 aliphatic rings. The number of anilines is 6. The van der Waals surface area contributed by atoms with Gasteiger partial charge in [-0.2, -0.15) is 0 Å². The number of benzene rings is 8. The Hall–Kier alpha value is -6.58. The van der Waals surface area contributed by atoms with Crippen molar-refractivity contribution in [2.24, 2.45) is 0 Å². The van der Waals surface area contributed by atoms with Crippen LogP contribution in [0.5, 0.6) is 0 Å². The molecule has 0 saturated heterocycles. The molecule has 0 atom stereocenters. The van der Waals surface area contributed by atoms with Crippen LogP contribution in [0.4, 0.5) is 34.1 Å². The standard InChI is InChI=1S/C64H63BN2/c1-41-27-28-45(42-21-15-12-16-22-42)33-55(41)67-57-39-51-50(63(8,9)40-64(51,10)11)38-53(57)65-52-31-29-46(43-23-17-13-18-24-43)34-56(52)66(58-36-48(62(5,6)7)37-59(67)60(58)65)54-32-30-47(61(2,3)4)35-49(54)44-25-19-14-20-26-44/h12-39H,40H2,1-11H3. The van der Waals surface area contributed by atoms with Crippen molar-refractivity contribution in [1.29, 1.82) is 0 Å². The van der Waals surface area contributed by atoms with Crippen LogP contribution in [0.15, 0.2) is 170 Å². The molecule has 8 aromatic carbocycles. The molecule has 0 unspecified atom stereocenters. The van der Waals surface area contributed by atoms with Crippen molar-refractivity contribution < 1.29 is 0 Å². The van der Waals surface area contributed by atoms with Gasteiger partial charge in [-0.05, 0) is 149 Å². The predicted octanol–water partition coefficient (Wildman–Crippen LogP) is 15.6. The van der Waals surface area contributed by atoms with Gasteiger partial charge in [0.1, 0.15) is 0 Å². The Balaban J connectivity index is 1.29. The summed E-state index contributed by atoms with van der Waals surface area (Å²) >= 11 is 0. The van der Waals surface area contributed by atoms with Crippen molar-refractivity contribution in [3.8, 4) is 33.4 Å². The fourth-order valence-corrected chi connectivity index (χ4v) is 11.9. The Labute approximate surface area is 400 Å².